The third-order valence-electron chi connectivity index (χ3n) is 5.58. The number of aromatic amines is 1. The number of H-pyrrole nitrogens is 1. The van der Waals surface area contributed by atoms with Crippen LogP contribution in [0.2, 0.25) is 0 Å². The topological polar surface area (TPSA) is 147 Å². The predicted octanol–water partition coefficient (Wildman–Crippen LogP) is 1.99. The van der Waals surface area contributed by atoms with E-state index >= 15 is 0 Å². The van der Waals surface area contributed by atoms with Crippen molar-refractivity contribution < 1.29 is 32.6 Å². The van der Waals surface area contributed by atoms with Crippen LogP contribution in [-0.2, 0) is 28.1 Å². The van der Waals surface area contributed by atoms with Crippen LogP contribution in [0.5, 0.6) is 5.75 Å². The normalized spacial score (nSPS) is 22.7. The van der Waals surface area contributed by atoms with Crippen LogP contribution < -0.4 is 20.9 Å². The Bertz CT molecular complexity index is 1190. The summed E-state index contributed by atoms with van der Waals surface area (Å²) in [7, 11) is -4.08. The molecule has 12 nitrogen and oxygen atoms in total. The number of aromatic nitrogens is 2. The summed E-state index contributed by atoms with van der Waals surface area (Å²) >= 11 is 0. The van der Waals surface area contributed by atoms with Gasteiger partial charge in [-0.15, -0.1) is 0 Å². The van der Waals surface area contributed by atoms with Crippen molar-refractivity contribution in [3.63, 3.8) is 0 Å². The van der Waals surface area contributed by atoms with Gasteiger partial charge in [-0.05, 0) is 45.2 Å². The molecule has 13 heteroatoms. The third kappa shape index (κ3) is 6.47. The van der Waals surface area contributed by atoms with Gasteiger partial charge in [0.2, 0.25) is 0 Å². The van der Waals surface area contributed by atoms with Gasteiger partial charge in [0.25, 0.3) is 5.56 Å². The number of benzene rings is 1. The first-order valence-electron chi connectivity index (χ1n) is 11.3. The number of para-hydroxylation sites is 1. The minimum atomic E-state index is -4.08. The molecule has 1 saturated heterocycles. The van der Waals surface area contributed by atoms with E-state index in [1.807, 2.05) is 0 Å². The fraction of sp³-hybridized carbons (Fsp3) is 0.500. The summed E-state index contributed by atoms with van der Waals surface area (Å²) in [5, 5.41) is 2.62. The molecule has 2 fully saturated rings. The van der Waals surface area contributed by atoms with Gasteiger partial charge in [0.1, 0.15) is 24.5 Å². The maximum Gasteiger partial charge on any atom is 0.459 e. The van der Waals surface area contributed by atoms with Crippen LogP contribution in [0.3, 0.4) is 0 Å². The molecule has 1 saturated carbocycles. The van der Waals surface area contributed by atoms with Crippen LogP contribution in [-0.4, -0.2) is 47.2 Å². The molecule has 1 aliphatic carbocycles. The van der Waals surface area contributed by atoms with Gasteiger partial charge in [0, 0.05) is 11.8 Å². The summed E-state index contributed by atoms with van der Waals surface area (Å²) in [6, 6.07) is 7.39. The Hall–Kier alpha value is -2.76. The molecule has 190 valence electrons. The Balaban J connectivity index is 1.41. The molecular weight excluding hydrogens is 481 g/mol. The first-order chi connectivity index (χ1) is 16.7. The smallest absolute Gasteiger partial charge is 0.459 e. The van der Waals surface area contributed by atoms with Crippen LogP contribution in [0.25, 0.3) is 0 Å². The van der Waals surface area contributed by atoms with Crippen molar-refractivity contribution in [2.45, 2.75) is 57.8 Å². The molecule has 2 aliphatic rings. The number of hydrogen-bond acceptors (Lipinski definition) is 9. The van der Waals surface area contributed by atoms with Crippen LogP contribution in [0.4, 0.5) is 0 Å². The molecule has 4 rings (SSSR count). The molecule has 1 aromatic carbocycles. The minimum Gasteiger partial charge on any atom is -0.461 e. The monoisotopic (exact) mass is 509 g/mol. The summed E-state index contributed by atoms with van der Waals surface area (Å²) < 4.78 is 42.5. The van der Waals surface area contributed by atoms with Crippen molar-refractivity contribution in [2.24, 2.45) is 0 Å². The van der Waals surface area contributed by atoms with E-state index in [0.717, 1.165) is 19.3 Å². The molecule has 0 spiro atoms. The number of aryl methyl sites for hydroxylation is 1. The van der Waals surface area contributed by atoms with Crippen LogP contribution in [0.15, 0.2) is 46.1 Å². The molecule has 2 heterocycles. The molecule has 0 amide bonds. The number of carbonyl (C=O) groups excluding carboxylic acids is 1. The van der Waals surface area contributed by atoms with Gasteiger partial charge in [-0.3, -0.25) is 23.7 Å². The Labute approximate surface area is 201 Å². The molecule has 2 N–H and O–H groups in total. The maximum absolute atomic E-state index is 13.5. The van der Waals surface area contributed by atoms with E-state index < -0.39 is 43.5 Å². The Morgan fingerprint density at radius 2 is 2.03 bits per heavy atom. The van der Waals surface area contributed by atoms with Gasteiger partial charge in [-0.1, -0.05) is 18.2 Å². The summed E-state index contributed by atoms with van der Waals surface area (Å²) in [5.41, 5.74) is -0.796. The van der Waals surface area contributed by atoms with E-state index in [1.165, 1.54) is 17.7 Å². The van der Waals surface area contributed by atoms with Crippen molar-refractivity contribution in [3.05, 3.63) is 62.9 Å². The number of ether oxygens (including phenoxy) is 3. The molecule has 35 heavy (non-hydrogen) atoms. The van der Waals surface area contributed by atoms with Crippen molar-refractivity contribution in [1.82, 2.24) is 14.6 Å². The molecule has 2 aromatic rings. The highest BCUT2D eigenvalue weighted by Gasteiger charge is 2.36. The second-order valence-corrected chi connectivity index (χ2v) is 10.1. The highest BCUT2D eigenvalue weighted by molar-refractivity contribution is 7.52. The number of rotatable bonds is 10. The van der Waals surface area contributed by atoms with E-state index in [1.54, 1.807) is 37.3 Å². The van der Waals surface area contributed by atoms with Crippen molar-refractivity contribution in [2.75, 3.05) is 13.2 Å². The molecular formula is C22H28N3O9P. The van der Waals surface area contributed by atoms with Gasteiger partial charge < -0.3 is 18.7 Å². The lowest BCUT2D eigenvalue weighted by atomic mass is 9.96. The number of nitrogens with zero attached hydrogens (tertiary/aromatic N) is 1. The number of esters is 1. The lowest BCUT2D eigenvalue weighted by Crippen LogP contribution is -2.38. The molecule has 1 aliphatic heterocycles. The first kappa shape index (κ1) is 25.3. The summed E-state index contributed by atoms with van der Waals surface area (Å²) in [5.74, 6) is -0.291. The second-order valence-electron chi connectivity index (χ2n) is 8.37. The summed E-state index contributed by atoms with van der Waals surface area (Å²) in [6.07, 6.45) is 2.07. The van der Waals surface area contributed by atoms with Gasteiger partial charge in [0.05, 0.1) is 6.61 Å². The standard InChI is InChI=1S/C22H28N3O9P/c1-14-11-25(22(28)23-20(14)26)18-12-30-19(33-18)13-31-35(29,34-17-7-4-3-5-8-17)24-15(2)21(27)32-16-9-6-10-16/h3-5,7-8,11,15-16,18-19H,6,9-10,12-13H2,1-2H3,(H,24,29)(H,23,26,28)/t15-,18+,19+,35?/m0/s1. The van der Waals surface area contributed by atoms with E-state index in [-0.39, 0.29) is 25.1 Å². The fourth-order valence-corrected chi connectivity index (χ4v) is 4.87. The van der Waals surface area contributed by atoms with E-state index in [0.29, 0.717) is 5.56 Å². The van der Waals surface area contributed by atoms with Gasteiger partial charge >= 0.3 is 19.4 Å². The zero-order valence-electron chi connectivity index (χ0n) is 19.4. The van der Waals surface area contributed by atoms with E-state index in [2.05, 4.69) is 10.1 Å². The molecule has 0 radical (unpaired) electrons. The highest BCUT2D eigenvalue weighted by atomic mass is 31.2. The second kappa shape index (κ2) is 10.9. The SMILES string of the molecule is Cc1cn([C@H]2CO[C@@H](COP(=O)(N[C@@H](C)C(=O)OC3CCC3)Oc3ccccc3)O2)c(=O)[nH]c1=O. The number of hydrogen-bond donors (Lipinski definition) is 2. The van der Waals surface area contributed by atoms with Crippen molar-refractivity contribution in [1.29, 1.82) is 0 Å². The number of nitrogens with one attached hydrogen (secondary N) is 2. The highest BCUT2D eigenvalue weighted by Crippen LogP contribution is 2.45. The Morgan fingerprint density at radius 1 is 1.29 bits per heavy atom. The average Bonchev–Trinajstić information content (AvgIpc) is 3.26. The molecule has 0 bridgehead atoms. The largest absolute Gasteiger partial charge is 0.461 e. The van der Waals surface area contributed by atoms with Crippen LogP contribution in [0, 0.1) is 6.92 Å². The number of carbonyl (C=O) groups is 1. The van der Waals surface area contributed by atoms with Crippen molar-refractivity contribution in [3.8, 4) is 5.75 Å². The zero-order valence-corrected chi connectivity index (χ0v) is 20.3. The van der Waals surface area contributed by atoms with Crippen LogP contribution in [0.1, 0.15) is 38.0 Å². The lowest BCUT2D eigenvalue weighted by molar-refractivity contribution is -0.154. The van der Waals surface area contributed by atoms with E-state index in [9.17, 15) is 18.9 Å². The van der Waals surface area contributed by atoms with Gasteiger partial charge in [-0.2, -0.15) is 5.09 Å². The Morgan fingerprint density at radius 3 is 2.71 bits per heavy atom. The average molecular weight is 509 g/mol. The zero-order chi connectivity index (χ0) is 25.0. The summed E-state index contributed by atoms with van der Waals surface area (Å²) in [6.45, 7) is 2.75. The Kier molecular flexibility index (Phi) is 7.88. The van der Waals surface area contributed by atoms with Gasteiger partial charge in [0.15, 0.2) is 12.5 Å². The third-order valence-corrected chi connectivity index (χ3v) is 7.22. The summed E-state index contributed by atoms with van der Waals surface area (Å²) in [4.78, 5) is 38.3. The van der Waals surface area contributed by atoms with Crippen molar-refractivity contribution >= 4 is 13.7 Å². The maximum atomic E-state index is 13.5. The predicted molar refractivity (Wildman–Crippen MR) is 123 cm³/mol. The molecule has 1 unspecified atom stereocenters. The lowest BCUT2D eigenvalue weighted by Gasteiger charge is -2.28. The first-order valence-corrected chi connectivity index (χ1v) is 12.8. The molecule has 1 aromatic heterocycles. The quantitative estimate of drug-likeness (QED) is 0.360. The molecule has 4 atom stereocenters. The fourth-order valence-electron chi connectivity index (χ4n) is 3.39. The van der Waals surface area contributed by atoms with Gasteiger partial charge in [-0.25, -0.2) is 9.36 Å². The van der Waals surface area contributed by atoms with Crippen LogP contribution >= 0.6 is 7.75 Å². The van der Waals surface area contributed by atoms with E-state index in [4.69, 9.17) is 23.3 Å². The minimum absolute atomic E-state index is 0.000800.